The number of nitrogens with one attached hydrogen (secondary N) is 2. The minimum atomic E-state index is -0.683. The van der Waals surface area contributed by atoms with Crippen LogP contribution in [0.1, 0.15) is 25.0 Å². The lowest BCUT2D eigenvalue weighted by Crippen LogP contribution is -2.36. The van der Waals surface area contributed by atoms with Crippen LogP contribution in [-0.4, -0.2) is 17.9 Å². The number of rotatable bonds is 6. The van der Waals surface area contributed by atoms with Crippen LogP contribution in [0.25, 0.3) is 0 Å². The minimum Gasteiger partial charge on any atom is -0.479 e. The molecule has 0 saturated carbocycles. The Kier molecular flexibility index (Phi) is 6.42. The number of benzene rings is 2. The molecule has 25 heavy (non-hydrogen) atoms. The second kappa shape index (κ2) is 8.53. The summed E-state index contributed by atoms with van der Waals surface area (Å²) in [5, 5.41) is 5.99. The van der Waals surface area contributed by atoms with Crippen LogP contribution in [0.3, 0.4) is 0 Å². The summed E-state index contributed by atoms with van der Waals surface area (Å²) in [5.74, 6) is 0.0951. The normalized spacial score (nSPS) is 11.5. The largest absolute Gasteiger partial charge is 0.479 e. The van der Waals surface area contributed by atoms with E-state index < -0.39 is 6.10 Å². The molecular weight excluding hydrogens is 340 g/mol. The quantitative estimate of drug-likeness (QED) is 0.825. The topological polar surface area (TPSA) is 67.4 Å². The molecule has 2 aromatic carbocycles. The highest BCUT2D eigenvalue weighted by atomic mass is 35.5. The smallest absolute Gasteiger partial charge is 0.261 e. The van der Waals surface area contributed by atoms with Crippen LogP contribution < -0.4 is 15.4 Å². The van der Waals surface area contributed by atoms with Crippen LogP contribution in [0.5, 0.6) is 5.75 Å². The van der Waals surface area contributed by atoms with E-state index >= 15 is 0 Å². The fourth-order valence-corrected chi connectivity index (χ4v) is 2.40. The Hall–Kier alpha value is -2.53. The number of carbonyl (C=O) groups is 2. The molecule has 132 valence electrons. The molecule has 0 heterocycles. The fourth-order valence-electron chi connectivity index (χ4n) is 2.24. The predicted molar refractivity (Wildman–Crippen MR) is 98.9 cm³/mol. The number of amides is 2. The maximum absolute atomic E-state index is 12.2. The summed E-state index contributed by atoms with van der Waals surface area (Å²) in [6.07, 6.45) is -0.683. The van der Waals surface area contributed by atoms with Gasteiger partial charge in [-0.05, 0) is 49.2 Å². The Morgan fingerprint density at radius 1 is 1.20 bits per heavy atom. The van der Waals surface area contributed by atoms with E-state index in [0.717, 1.165) is 11.1 Å². The molecule has 5 nitrogen and oxygen atoms in total. The van der Waals surface area contributed by atoms with Crippen molar-refractivity contribution in [3.8, 4) is 5.75 Å². The number of halogens is 1. The summed E-state index contributed by atoms with van der Waals surface area (Å²) in [6.45, 7) is 5.38. The fraction of sp³-hybridized carbons (Fsp3) is 0.263. The number of hydrogen-bond donors (Lipinski definition) is 2. The van der Waals surface area contributed by atoms with Crippen molar-refractivity contribution in [3.63, 3.8) is 0 Å². The molecule has 0 aliphatic carbocycles. The molecule has 0 fully saturated rings. The molecule has 6 heteroatoms. The number of aryl methyl sites for hydroxylation is 1. The van der Waals surface area contributed by atoms with E-state index in [9.17, 15) is 9.59 Å². The van der Waals surface area contributed by atoms with Crippen LogP contribution in [0, 0.1) is 6.92 Å². The highest BCUT2D eigenvalue weighted by Crippen LogP contribution is 2.26. The van der Waals surface area contributed by atoms with E-state index in [0.29, 0.717) is 23.0 Å². The highest BCUT2D eigenvalue weighted by molar-refractivity contribution is 6.32. The van der Waals surface area contributed by atoms with E-state index in [2.05, 4.69) is 10.6 Å². The zero-order valence-electron chi connectivity index (χ0n) is 14.4. The van der Waals surface area contributed by atoms with Gasteiger partial charge in [0.1, 0.15) is 5.75 Å². The van der Waals surface area contributed by atoms with Gasteiger partial charge in [-0.15, -0.1) is 0 Å². The van der Waals surface area contributed by atoms with Gasteiger partial charge in [0.25, 0.3) is 5.91 Å². The van der Waals surface area contributed by atoms with Crippen molar-refractivity contribution in [2.24, 2.45) is 0 Å². The molecule has 0 aliphatic rings. The molecule has 0 saturated heterocycles. The van der Waals surface area contributed by atoms with Gasteiger partial charge in [-0.3, -0.25) is 9.59 Å². The van der Waals surface area contributed by atoms with Crippen molar-refractivity contribution < 1.29 is 14.3 Å². The summed E-state index contributed by atoms with van der Waals surface area (Å²) >= 11 is 6.09. The summed E-state index contributed by atoms with van der Waals surface area (Å²) in [4.78, 5) is 23.3. The van der Waals surface area contributed by atoms with Crippen molar-refractivity contribution in [2.45, 2.75) is 33.4 Å². The van der Waals surface area contributed by atoms with Crippen LogP contribution in [-0.2, 0) is 16.1 Å². The van der Waals surface area contributed by atoms with Crippen molar-refractivity contribution in [2.75, 3.05) is 5.32 Å². The standard InChI is InChI=1S/C19H21ClN2O3/c1-12-7-8-17(20)18(9-12)25-13(2)19(24)21-11-15-5-4-6-16(10-15)22-14(3)23/h4-10,13H,11H2,1-3H3,(H,21,24)(H,22,23). The van der Waals surface area contributed by atoms with Crippen molar-refractivity contribution in [1.29, 1.82) is 0 Å². The Labute approximate surface area is 152 Å². The summed E-state index contributed by atoms with van der Waals surface area (Å²) < 4.78 is 5.65. The van der Waals surface area contributed by atoms with E-state index in [1.165, 1.54) is 6.92 Å². The van der Waals surface area contributed by atoms with Crippen LogP contribution in [0.4, 0.5) is 5.69 Å². The molecule has 0 spiro atoms. The first-order chi connectivity index (χ1) is 11.8. The first-order valence-electron chi connectivity index (χ1n) is 7.92. The molecule has 2 N–H and O–H groups in total. The number of carbonyl (C=O) groups excluding carboxylic acids is 2. The number of ether oxygens (including phenoxy) is 1. The summed E-state index contributed by atoms with van der Waals surface area (Å²) in [7, 11) is 0. The molecule has 1 atom stereocenters. The average molecular weight is 361 g/mol. The summed E-state index contributed by atoms with van der Waals surface area (Å²) in [6, 6.07) is 12.7. The molecule has 0 bridgehead atoms. The van der Waals surface area contributed by atoms with Gasteiger partial charge in [-0.1, -0.05) is 29.8 Å². The van der Waals surface area contributed by atoms with Gasteiger partial charge >= 0.3 is 0 Å². The van der Waals surface area contributed by atoms with Gasteiger partial charge in [0.05, 0.1) is 5.02 Å². The van der Waals surface area contributed by atoms with Crippen LogP contribution in [0.15, 0.2) is 42.5 Å². The summed E-state index contributed by atoms with van der Waals surface area (Å²) in [5.41, 5.74) is 2.57. The monoisotopic (exact) mass is 360 g/mol. The highest BCUT2D eigenvalue weighted by Gasteiger charge is 2.16. The van der Waals surface area contributed by atoms with E-state index in [4.69, 9.17) is 16.3 Å². The third-order valence-electron chi connectivity index (χ3n) is 3.47. The number of anilines is 1. The maximum Gasteiger partial charge on any atom is 0.261 e. The van der Waals surface area contributed by atoms with Gasteiger partial charge in [-0.25, -0.2) is 0 Å². The molecule has 1 unspecified atom stereocenters. The molecule has 0 aliphatic heterocycles. The van der Waals surface area contributed by atoms with Gasteiger partial charge in [-0.2, -0.15) is 0 Å². The first kappa shape index (κ1) is 18.8. The number of hydrogen-bond acceptors (Lipinski definition) is 3. The van der Waals surface area contributed by atoms with Crippen LogP contribution >= 0.6 is 11.6 Å². The Balaban J connectivity index is 1.93. The lowest BCUT2D eigenvalue weighted by Gasteiger charge is -2.16. The zero-order chi connectivity index (χ0) is 18.4. The minimum absolute atomic E-state index is 0.141. The Morgan fingerprint density at radius 3 is 2.68 bits per heavy atom. The Morgan fingerprint density at radius 2 is 1.96 bits per heavy atom. The van der Waals surface area contributed by atoms with E-state index in [-0.39, 0.29) is 11.8 Å². The molecule has 2 amide bonds. The van der Waals surface area contributed by atoms with E-state index in [1.54, 1.807) is 25.1 Å². The molecular formula is C19H21ClN2O3. The van der Waals surface area contributed by atoms with Gasteiger partial charge in [0.15, 0.2) is 6.10 Å². The predicted octanol–water partition coefficient (Wildman–Crippen LogP) is 3.69. The third kappa shape index (κ3) is 5.80. The SMILES string of the molecule is CC(=O)Nc1cccc(CNC(=O)C(C)Oc2cc(C)ccc2Cl)c1. The van der Waals surface area contributed by atoms with Gasteiger partial charge in [0, 0.05) is 19.2 Å². The second-order valence-corrected chi connectivity index (χ2v) is 6.20. The maximum atomic E-state index is 12.2. The van der Waals surface area contributed by atoms with Crippen LogP contribution in [0.2, 0.25) is 5.02 Å². The zero-order valence-corrected chi connectivity index (χ0v) is 15.2. The van der Waals surface area contributed by atoms with E-state index in [1.807, 2.05) is 31.2 Å². The third-order valence-corrected chi connectivity index (χ3v) is 3.79. The van der Waals surface area contributed by atoms with Crippen molar-refractivity contribution >= 4 is 29.1 Å². The van der Waals surface area contributed by atoms with Crippen molar-refractivity contribution in [1.82, 2.24) is 5.32 Å². The lowest BCUT2D eigenvalue weighted by molar-refractivity contribution is -0.127. The molecule has 0 radical (unpaired) electrons. The van der Waals surface area contributed by atoms with Gasteiger partial charge < -0.3 is 15.4 Å². The molecule has 2 aromatic rings. The van der Waals surface area contributed by atoms with Crippen molar-refractivity contribution in [3.05, 3.63) is 58.6 Å². The van der Waals surface area contributed by atoms with Gasteiger partial charge in [0.2, 0.25) is 5.91 Å². The lowest BCUT2D eigenvalue weighted by atomic mass is 10.2. The first-order valence-corrected chi connectivity index (χ1v) is 8.30. The second-order valence-electron chi connectivity index (χ2n) is 5.79. The average Bonchev–Trinajstić information content (AvgIpc) is 2.55. The Bertz CT molecular complexity index is 777. The molecule has 0 aromatic heterocycles. The molecule has 2 rings (SSSR count).